The zero-order chi connectivity index (χ0) is 14.4. The van der Waals surface area contributed by atoms with Gasteiger partial charge in [0.1, 0.15) is 0 Å². The molecule has 2 saturated heterocycles. The van der Waals surface area contributed by atoms with Gasteiger partial charge in [-0.25, -0.2) is 0 Å². The van der Waals surface area contributed by atoms with Gasteiger partial charge in [-0.3, -0.25) is 9.79 Å². The van der Waals surface area contributed by atoms with Crippen LogP contribution in [0.1, 0.15) is 32.1 Å². The van der Waals surface area contributed by atoms with Gasteiger partial charge < -0.3 is 10.2 Å². The highest BCUT2D eigenvalue weighted by molar-refractivity contribution is 5.52. The third-order valence-corrected chi connectivity index (χ3v) is 4.51. The average Bonchev–Trinajstić information content (AvgIpc) is 2.91. The first-order chi connectivity index (χ1) is 9.75. The maximum absolute atomic E-state index is 10.9. The highest BCUT2D eigenvalue weighted by Crippen LogP contribution is 2.52. The van der Waals surface area contributed by atoms with Gasteiger partial charge in [-0.2, -0.15) is 0 Å². The molecule has 0 aromatic carbocycles. The summed E-state index contributed by atoms with van der Waals surface area (Å²) < 4.78 is 0. The minimum atomic E-state index is 0.176. The molecule has 1 saturated carbocycles. The van der Waals surface area contributed by atoms with Crippen molar-refractivity contribution >= 4 is 13.1 Å². The summed E-state index contributed by atoms with van der Waals surface area (Å²) in [6.07, 6.45) is 10.7. The molecule has 0 aromatic rings. The summed E-state index contributed by atoms with van der Waals surface area (Å²) in [5.74, 6) is 0.390. The fraction of sp³-hybridized carbons (Fsp3) is 0.625. The number of amides is 1. The molecule has 1 aliphatic carbocycles. The molecule has 1 atom stereocenters. The van der Waals surface area contributed by atoms with Crippen molar-refractivity contribution in [1.29, 1.82) is 0 Å². The fourth-order valence-corrected chi connectivity index (χ4v) is 3.14. The SMILES string of the molecule is C1CCNC1.C=C/C(=C\N=C)C1CN(C=O)C2(CC2)C1. The minimum absolute atomic E-state index is 0.176. The van der Waals surface area contributed by atoms with Crippen molar-refractivity contribution in [2.24, 2.45) is 10.9 Å². The lowest BCUT2D eigenvalue weighted by atomic mass is 9.96. The molecular formula is C16H25N3O. The number of carbonyl (C=O) groups is 1. The van der Waals surface area contributed by atoms with Gasteiger partial charge in [0.2, 0.25) is 6.41 Å². The minimum Gasteiger partial charge on any atom is -0.339 e. The Kier molecular flexibility index (Phi) is 5.12. The van der Waals surface area contributed by atoms with E-state index in [4.69, 9.17) is 0 Å². The van der Waals surface area contributed by atoms with E-state index in [-0.39, 0.29) is 5.54 Å². The first kappa shape index (κ1) is 15.0. The largest absolute Gasteiger partial charge is 0.339 e. The summed E-state index contributed by atoms with van der Waals surface area (Å²) in [5.41, 5.74) is 1.27. The summed E-state index contributed by atoms with van der Waals surface area (Å²) in [7, 11) is 0. The second-order valence-corrected chi connectivity index (χ2v) is 5.86. The van der Waals surface area contributed by atoms with Crippen LogP contribution < -0.4 is 5.32 Å². The van der Waals surface area contributed by atoms with Gasteiger partial charge in [-0.1, -0.05) is 12.7 Å². The van der Waals surface area contributed by atoms with E-state index in [1.165, 1.54) is 25.9 Å². The zero-order valence-corrected chi connectivity index (χ0v) is 12.2. The van der Waals surface area contributed by atoms with Crippen molar-refractivity contribution < 1.29 is 4.79 Å². The second-order valence-electron chi connectivity index (χ2n) is 5.86. The second kappa shape index (κ2) is 6.84. The molecule has 1 spiro atoms. The van der Waals surface area contributed by atoms with Gasteiger partial charge in [-0.15, -0.1) is 0 Å². The molecule has 1 amide bonds. The summed E-state index contributed by atoms with van der Waals surface area (Å²) in [6, 6.07) is 0. The number of hydrogen-bond donors (Lipinski definition) is 1. The Bertz CT molecular complexity index is 387. The third kappa shape index (κ3) is 3.37. The lowest BCUT2D eigenvalue weighted by Gasteiger charge is -2.17. The first-order valence-electron chi connectivity index (χ1n) is 7.47. The van der Waals surface area contributed by atoms with Gasteiger partial charge in [-0.05, 0) is 57.5 Å². The van der Waals surface area contributed by atoms with Crippen molar-refractivity contribution in [3.8, 4) is 0 Å². The molecule has 0 radical (unpaired) electrons. The van der Waals surface area contributed by atoms with E-state index in [0.717, 1.165) is 37.8 Å². The molecule has 3 rings (SSSR count). The average molecular weight is 275 g/mol. The topological polar surface area (TPSA) is 44.7 Å². The van der Waals surface area contributed by atoms with Gasteiger partial charge >= 0.3 is 0 Å². The highest BCUT2D eigenvalue weighted by Gasteiger charge is 2.54. The Morgan fingerprint density at radius 3 is 2.40 bits per heavy atom. The number of nitrogens with zero attached hydrogens (tertiary/aromatic N) is 2. The number of aliphatic imine (C=N–C) groups is 1. The van der Waals surface area contributed by atoms with E-state index < -0.39 is 0 Å². The third-order valence-electron chi connectivity index (χ3n) is 4.51. The van der Waals surface area contributed by atoms with Crippen LogP contribution in [0.5, 0.6) is 0 Å². The van der Waals surface area contributed by atoms with E-state index in [1.54, 1.807) is 6.20 Å². The summed E-state index contributed by atoms with van der Waals surface area (Å²) in [4.78, 5) is 16.6. The van der Waals surface area contributed by atoms with Crippen LogP contribution in [0.25, 0.3) is 0 Å². The Morgan fingerprint density at radius 1 is 1.35 bits per heavy atom. The molecule has 1 N–H and O–H groups in total. The van der Waals surface area contributed by atoms with Crippen molar-refractivity contribution in [3.05, 3.63) is 24.4 Å². The molecule has 20 heavy (non-hydrogen) atoms. The molecule has 2 heterocycles. The Morgan fingerprint density at radius 2 is 2.05 bits per heavy atom. The predicted molar refractivity (Wildman–Crippen MR) is 82.8 cm³/mol. The molecule has 3 aliphatic rings. The maximum Gasteiger partial charge on any atom is 0.210 e. The maximum atomic E-state index is 10.9. The van der Waals surface area contributed by atoms with Crippen molar-refractivity contribution in [3.63, 3.8) is 0 Å². The quantitative estimate of drug-likeness (QED) is 0.485. The van der Waals surface area contributed by atoms with E-state index in [1.807, 2.05) is 11.0 Å². The van der Waals surface area contributed by atoms with Gasteiger partial charge in [0, 0.05) is 24.2 Å². The zero-order valence-electron chi connectivity index (χ0n) is 12.2. The van der Waals surface area contributed by atoms with Crippen LogP contribution in [0.2, 0.25) is 0 Å². The lowest BCUT2D eigenvalue weighted by Crippen LogP contribution is -2.29. The normalized spacial score (nSPS) is 26.9. The molecule has 2 aliphatic heterocycles. The van der Waals surface area contributed by atoms with Crippen molar-refractivity contribution in [2.45, 2.75) is 37.6 Å². The molecule has 1 unspecified atom stereocenters. The molecule has 110 valence electrons. The summed E-state index contributed by atoms with van der Waals surface area (Å²) in [5, 5.41) is 3.22. The van der Waals surface area contributed by atoms with E-state index in [2.05, 4.69) is 23.6 Å². The van der Waals surface area contributed by atoms with E-state index in [0.29, 0.717) is 5.92 Å². The van der Waals surface area contributed by atoms with Crippen LogP contribution in [-0.4, -0.2) is 43.2 Å². The number of carbonyl (C=O) groups excluding carboxylic acids is 1. The number of hydrogen-bond acceptors (Lipinski definition) is 3. The van der Waals surface area contributed by atoms with Gasteiger partial charge in [0.25, 0.3) is 0 Å². The number of likely N-dealkylation sites (tertiary alicyclic amines) is 1. The summed E-state index contributed by atoms with van der Waals surface area (Å²) >= 11 is 0. The smallest absolute Gasteiger partial charge is 0.210 e. The summed E-state index contributed by atoms with van der Waals surface area (Å²) in [6.45, 7) is 10.5. The van der Waals surface area contributed by atoms with Crippen LogP contribution >= 0.6 is 0 Å². The Labute approximate surface area is 121 Å². The first-order valence-corrected chi connectivity index (χ1v) is 7.47. The monoisotopic (exact) mass is 275 g/mol. The van der Waals surface area contributed by atoms with E-state index in [9.17, 15) is 4.79 Å². The van der Waals surface area contributed by atoms with Crippen LogP contribution in [0.15, 0.2) is 29.4 Å². The Hall–Kier alpha value is -1.42. The Balaban J connectivity index is 0.000000247. The molecule has 4 heteroatoms. The number of rotatable bonds is 4. The molecule has 3 fully saturated rings. The van der Waals surface area contributed by atoms with Crippen LogP contribution in [0, 0.1) is 5.92 Å². The van der Waals surface area contributed by atoms with Crippen LogP contribution in [-0.2, 0) is 4.79 Å². The van der Waals surface area contributed by atoms with Gasteiger partial charge in [0.05, 0.1) is 0 Å². The number of allylic oxidation sites excluding steroid dienone is 1. The predicted octanol–water partition coefficient (Wildman–Crippen LogP) is 2.14. The molecule has 0 bridgehead atoms. The highest BCUT2D eigenvalue weighted by atomic mass is 16.1. The lowest BCUT2D eigenvalue weighted by molar-refractivity contribution is -0.119. The van der Waals surface area contributed by atoms with E-state index >= 15 is 0 Å². The number of nitrogens with one attached hydrogen (secondary N) is 1. The molecular weight excluding hydrogens is 250 g/mol. The van der Waals surface area contributed by atoms with Gasteiger partial charge in [0.15, 0.2) is 0 Å². The van der Waals surface area contributed by atoms with Crippen molar-refractivity contribution in [1.82, 2.24) is 10.2 Å². The standard InChI is InChI=1S/C12H16N2O.C4H9N/c1-3-10(7-13-2)11-6-12(4-5-12)14(8-11)9-15;1-2-4-5-3-1/h3,7,9,11H,1-2,4-6,8H2;5H,1-4H2/b10-7+;. The van der Waals surface area contributed by atoms with Crippen LogP contribution in [0.4, 0.5) is 0 Å². The molecule has 0 aromatic heterocycles. The van der Waals surface area contributed by atoms with Crippen molar-refractivity contribution in [2.75, 3.05) is 19.6 Å². The fourth-order valence-electron chi connectivity index (χ4n) is 3.14. The molecule has 4 nitrogen and oxygen atoms in total. The van der Waals surface area contributed by atoms with Crippen LogP contribution in [0.3, 0.4) is 0 Å².